The lowest BCUT2D eigenvalue weighted by atomic mass is 10.1. The molecule has 0 spiro atoms. The molecule has 4 rings (SSSR count). The van der Waals surface area contributed by atoms with Gasteiger partial charge in [-0.3, -0.25) is 4.79 Å². The standard InChI is InChI=1S/C21H20ClN3O3/c1-27-18-12-13(11-16(22)19(18)28-2)21(26)23-20-15-9-6-10-17(15)24-25(20)14-7-4-3-5-8-14/h3-5,7-8,11-12H,6,9-10H2,1-2H3,(H,23,26). The second kappa shape index (κ2) is 7.56. The summed E-state index contributed by atoms with van der Waals surface area (Å²) in [4.78, 5) is 13.0. The molecule has 6 nitrogen and oxygen atoms in total. The average Bonchev–Trinajstić information content (AvgIpc) is 3.30. The average molecular weight is 398 g/mol. The Balaban J connectivity index is 1.72. The largest absolute Gasteiger partial charge is 0.493 e. The summed E-state index contributed by atoms with van der Waals surface area (Å²) in [6.07, 6.45) is 2.85. The number of hydrogen-bond acceptors (Lipinski definition) is 4. The number of carbonyl (C=O) groups is 1. The van der Waals surface area contributed by atoms with Gasteiger partial charge < -0.3 is 14.8 Å². The Morgan fingerprint density at radius 1 is 1.14 bits per heavy atom. The van der Waals surface area contributed by atoms with Gasteiger partial charge in [0.2, 0.25) is 0 Å². The summed E-state index contributed by atoms with van der Waals surface area (Å²) in [6, 6.07) is 13.0. The molecule has 0 saturated carbocycles. The third-order valence-corrected chi connectivity index (χ3v) is 5.12. The van der Waals surface area contributed by atoms with E-state index in [2.05, 4.69) is 5.32 Å². The number of nitrogens with one attached hydrogen (secondary N) is 1. The fourth-order valence-electron chi connectivity index (χ4n) is 3.50. The second-order valence-electron chi connectivity index (χ2n) is 6.52. The normalized spacial score (nSPS) is 12.5. The van der Waals surface area contributed by atoms with Crippen LogP contribution in [0.5, 0.6) is 11.5 Å². The first-order valence-electron chi connectivity index (χ1n) is 9.01. The molecule has 0 saturated heterocycles. The van der Waals surface area contributed by atoms with Gasteiger partial charge in [-0.25, -0.2) is 4.68 Å². The van der Waals surface area contributed by atoms with Crippen molar-refractivity contribution in [1.29, 1.82) is 0 Å². The number of aromatic nitrogens is 2. The quantitative estimate of drug-likeness (QED) is 0.697. The van der Waals surface area contributed by atoms with Crippen LogP contribution in [-0.2, 0) is 12.8 Å². The summed E-state index contributed by atoms with van der Waals surface area (Å²) in [5, 5.41) is 8.06. The lowest BCUT2D eigenvalue weighted by Gasteiger charge is -2.13. The fraction of sp³-hybridized carbons (Fsp3) is 0.238. The van der Waals surface area contributed by atoms with Gasteiger partial charge in [-0.1, -0.05) is 29.8 Å². The van der Waals surface area contributed by atoms with E-state index in [4.69, 9.17) is 26.2 Å². The maximum Gasteiger partial charge on any atom is 0.257 e. The molecule has 1 heterocycles. The Morgan fingerprint density at radius 3 is 2.64 bits per heavy atom. The van der Waals surface area contributed by atoms with Crippen molar-refractivity contribution < 1.29 is 14.3 Å². The van der Waals surface area contributed by atoms with Crippen LogP contribution in [0.2, 0.25) is 5.02 Å². The predicted octanol–water partition coefficient (Wildman–Crippen LogP) is 4.28. The van der Waals surface area contributed by atoms with Crippen LogP contribution in [0.1, 0.15) is 28.0 Å². The number of amides is 1. The third-order valence-electron chi connectivity index (χ3n) is 4.84. The molecule has 7 heteroatoms. The van der Waals surface area contributed by atoms with E-state index in [0.29, 0.717) is 27.9 Å². The van der Waals surface area contributed by atoms with Gasteiger partial charge in [0.05, 0.1) is 30.6 Å². The van der Waals surface area contributed by atoms with E-state index in [9.17, 15) is 4.79 Å². The van der Waals surface area contributed by atoms with E-state index in [-0.39, 0.29) is 5.91 Å². The highest BCUT2D eigenvalue weighted by atomic mass is 35.5. The van der Waals surface area contributed by atoms with Crippen molar-refractivity contribution in [3.8, 4) is 17.2 Å². The van der Waals surface area contributed by atoms with Crippen molar-refractivity contribution >= 4 is 23.3 Å². The van der Waals surface area contributed by atoms with Gasteiger partial charge in [0.15, 0.2) is 11.5 Å². The first-order valence-corrected chi connectivity index (χ1v) is 9.39. The number of fused-ring (bicyclic) bond motifs is 1. The van der Waals surface area contributed by atoms with Gasteiger partial charge in [0.1, 0.15) is 5.82 Å². The molecule has 144 valence electrons. The van der Waals surface area contributed by atoms with Crippen molar-refractivity contribution in [3.63, 3.8) is 0 Å². The van der Waals surface area contributed by atoms with E-state index >= 15 is 0 Å². The van der Waals surface area contributed by atoms with Crippen LogP contribution in [0.15, 0.2) is 42.5 Å². The van der Waals surface area contributed by atoms with Crippen molar-refractivity contribution in [2.75, 3.05) is 19.5 Å². The maximum atomic E-state index is 13.0. The molecule has 1 amide bonds. The minimum atomic E-state index is -0.283. The Bertz CT molecular complexity index is 1030. The number of para-hydroxylation sites is 1. The molecular weight excluding hydrogens is 378 g/mol. The predicted molar refractivity (Wildman–Crippen MR) is 108 cm³/mol. The Morgan fingerprint density at radius 2 is 1.93 bits per heavy atom. The number of anilines is 1. The van der Waals surface area contributed by atoms with E-state index in [1.165, 1.54) is 14.2 Å². The van der Waals surface area contributed by atoms with E-state index in [1.807, 2.05) is 30.3 Å². The van der Waals surface area contributed by atoms with Crippen LogP contribution in [0.4, 0.5) is 5.82 Å². The lowest BCUT2D eigenvalue weighted by Crippen LogP contribution is -2.16. The number of rotatable bonds is 5. The SMILES string of the molecule is COc1cc(C(=O)Nc2c3c(nn2-c2ccccc2)CCC3)cc(Cl)c1OC. The van der Waals surface area contributed by atoms with Gasteiger partial charge in [0, 0.05) is 11.1 Å². The summed E-state index contributed by atoms with van der Waals surface area (Å²) in [6.45, 7) is 0. The minimum Gasteiger partial charge on any atom is -0.493 e. The van der Waals surface area contributed by atoms with Gasteiger partial charge >= 0.3 is 0 Å². The number of carbonyl (C=O) groups excluding carboxylic acids is 1. The fourth-order valence-corrected chi connectivity index (χ4v) is 3.79. The monoisotopic (exact) mass is 397 g/mol. The molecule has 0 atom stereocenters. The van der Waals surface area contributed by atoms with Crippen LogP contribution < -0.4 is 14.8 Å². The van der Waals surface area contributed by atoms with Gasteiger partial charge in [-0.05, 0) is 43.5 Å². The van der Waals surface area contributed by atoms with Gasteiger partial charge in [-0.15, -0.1) is 0 Å². The minimum absolute atomic E-state index is 0.283. The first kappa shape index (κ1) is 18.4. The van der Waals surface area contributed by atoms with E-state index in [0.717, 1.165) is 36.2 Å². The van der Waals surface area contributed by atoms with Crippen LogP contribution in [0, 0.1) is 0 Å². The molecule has 1 aliphatic rings. The summed E-state index contributed by atoms with van der Waals surface area (Å²) >= 11 is 6.26. The summed E-state index contributed by atoms with van der Waals surface area (Å²) in [7, 11) is 3.01. The molecule has 1 aliphatic carbocycles. The molecule has 3 aromatic rings. The molecule has 0 aliphatic heterocycles. The maximum absolute atomic E-state index is 13.0. The Kier molecular flexibility index (Phi) is 4.96. The zero-order valence-electron chi connectivity index (χ0n) is 15.7. The molecule has 0 fully saturated rings. The number of halogens is 1. The van der Waals surface area contributed by atoms with Crippen LogP contribution in [0.3, 0.4) is 0 Å². The van der Waals surface area contributed by atoms with Crippen LogP contribution in [-0.4, -0.2) is 29.9 Å². The highest BCUT2D eigenvalue weighted by Crippen LogP contribution is 2.37. The number of nitrogens with zero attached hydrogens (tertiary/aromatic N) is 2. The van der Waals surface area contributed by atoms with E-state index < -0.39 is 0 Å². The lowest BCUT2D eigenvalue weighted by molar-refractivity contribution is 0.102. The highest BCUT2D eigenvalue weighted by Gasteiger charge is 2.25. The van der Waals surface area contributed by atoms with Crippen molar-refractivity contribution in [1.82, 2.24) is 9.78 Å². The van der Waals surface area contributed by atoms with Crippen molar-refractivity contribution in [2.45, 2.75) is 19.3 Å². The number of aryl methyl sites for hydroxylation is 1. The topological polar surface area (TPSA) is 65.4 Å². The highest BCUT2D eigenvalue weighted by molar-refractivity contribution is 6.32. The van der Waals surface area contributed by atoms with Crippen LogP contribution >= 0.6 is 11.6 Å². The Labute approximate surface area is 168 Å². The zero-order chi connectivity index (χ0) is 19.7. The van der Waals surface area contributed by atoms with Gasteiger partial charge in [0.25, 0.3) is 5.91 Å². The molecular formula is C21H20ClN3O3. The Hall–Kier alpha value is -2.99. The first-order chi connectivity index (χ1) is 13.6. The van der Waals surface area contributed by atoms with Crippen LogP contribution in [0.25, 0.3) is 5.69 Å². The molecule has 0 radical (unpaired) electrons. The summed E-state index contributed by atoms with van der Waals surface area (Å²) in [5.41, 5.74) is 3.40. The number of hydrogen-bond donors (Lipinski definition) is 1. The van der Waals surface area contributed by atoms with Crippen molar-refractivity contribution in [2.24, 2.45) is 0 Å². The molecule has 1 aromatic heterocycles. The molecule has 2 aromatic carbocycles. The molecule has 28 heavy (non-hydrogen) atoms. The summed E-state index contributed by atoms with van der Waals surface area (Å²) < 4.78 is 12.3. The number of ether oxygens (including phenoxy) is 2. The molecule has 1 N–H and O–H groups in total. The summed E-state index contributed by atoms with van der Waals surface area (Å²) in [5.74, 6) is 1.22. The zero-order valence-corrected chi connectivity index (χ0v) is 16.4. The second-order valence-corrected chi connectivity index (χ2v) is 6.93. The molecule has 0 bridgehead atoms. The third kappa shape index (κ3) is 3.20. The molecule has 0 unspecified atom stereocenters. The van der Waals surface area contributed by atoms with E-state index in [1.54, 1.807) is 16.8 Å². The van der Waals surface area contributed by atoms with Gasteiger partial charge in [-0.2, -0.15) is 5.10 Å². The number of methoxy groups -OCH3 is 2. The number of benzene rings is 2. The van der Waals surface area contributed by atoms with Crippen molar-refractivity contribution in [3.05, 3.63) is 64.3 Å². The smallest absolute Gasteiger partial charge is 0.257 e.